The van der Waals surface area contributed by atoms with Crippen LogP contribution >= 0.6 is 0 Å². The standard InChI is InChI=1S/C15H19FN2/c1-3-8-18(4-2)9-7-12-11-17-15-6-5-13(16)10-14(12)15/h3,5-6,10-11,17H,1,4,7-9H2,2H3. The Bertz CT molecular complexity index is 530. The predicted octanol–water partition coefficient (Wildman–Crippen LogP) is 3.36. The number of rotatable bonds is 6. The van der Waals surface area contributed by atoms with Crippen molar-refractivity contribution in [3.05, 3.63) is 48.4 Å². The number of fused-ring (bicyclic) bond motifs is 1. The minimum absolute atomic E-state index is 0.179. The summed E-state index contributed by atoms with van der Waals surface area (Å²) in [5, 5.41) is 0.990. The average Bonchev–Trinajstić information content (AvgIpc) is 2.77. The van der Waals surface area contributed by atoms with E-state index in [0.29, 0.717) is 0 Å². The zero-order valence-electron chi connectivity index (χ0n) is 10.7. The summed E-state index contributed by atoms with van der Waals surface area (Å²) >= 11 is 0. The molecule has 0 aliphatic rings. The largest absolute Gasteiger partial charge is 0.361 e. The Morgan fingerprint density at radius 1 is 1.44 bits per heavy atom. The summed E-state index contributed by atoms with van der Waals surface area (Å²) in [7, 11) is 0. The van der Waals surface area contributed by atoms with Crippen LogP contribution < -0.4 is 0 Å². The van der Waals surface area contributed by atoms with E-state index in [1.165, 1.54) is 11.6 Å². The zero-order valence-corrected chi connectivity index (χ0v) is 10.7. The molecule has 0 bridgehead atoms. The maximum Gasteiger partial charge on any atom is 0.123 e. The van der Waals surface area contributed by atoms with Crippen molar-refractivity contribution >= 4 is 10.9 Å². The maximum atomic E-state index is 13.2. The van der Waals surface area contributed by atoms with E-state index in [-0.39, 0.29) is 5.82 Å². The number of likely N-dealkylation sites (N-methyl/N-ethyl adjacent to an activating group) is 1. The molecular formula is C15H19FN2. The van der Waals surface area contributed by atoms with Gasteiger partial charge in [0.05, 0.1) is 0 Å². The molecule has 0 saturated carbocycles. The Morgan fingerprint density at radius 3 is 3.00 bits per heavy atom. The van der Waals surface area contributed by atoms with Crippen LogP contribution in [0.1, 0.15) is 12.5 Å². The SMILES string of the molecule is C=CCN(CC)CCc1c[nH]c2ccc(F)cc12. The van der Waals surface area contributed by atoms with Gasteiger partial charge in [0.2, 0.25) is 0 Å². The van der Waals surface area contributed by atoms with Gasteiger partial charge in [0.1, 0.15) is 5.82 Å². The maximum absolute atomic E-state index is 13.2. The molecule has 1 heterocycles. The first-order valence-corrected chi connectivity index (χ1v) is 6.33. The summed E-state index contributed by atoms with van der Waals surface area (Å²) in [6.45, 7) is 8.76. The fourth-order valence-electron chi connectivity index (χ4n) is 2.20. The van der Waals surface area contributed by atoms with Crippen molar-refractivity contribution < 1.29 is 4.39 Å². The summed E-state index contributed by atoms with van der Waals surface area (Å²) in [6.07, 6.45) is 4.81. The molecule has 2 rings (SSSR count). The van der Waals surface area contributed by atoms with E-state index < -0.39 is 0 Å². The lowest BCUT2D eigenvalue weighted by molar-refractivity contribution is 0.324. The third-order valence-electron chi connectivity index (χ3n) is 3.26. The van der Waals surface area contributed by atoms with Gasteiger partial charge in [0.15, 0.2) is 0 Å². The van der Waals surface area contributed by atoms with Gasteiger partial charge in [-0.15, -0.1) is 6.58 Å². The second kappa shape index (κ2) is 5.83. The second-order valence-electron chi connectivity index (χ2n) is 4.44. The molecule has 0 atom stereocenters. The smallest absolute Gasteiger partial charge is 0.123 e. The lowest BCUT2D eigenvalue weighted by atomic mass is 10.1. The molecule has 0 spiro atoms. The molecule has 0 aliphatic heterocycles. The van der Waals surface area contributed by atoms with Gasteiger partial charge in [-0.1, -0.05) is 13.0 Å². The molecule has 18 heavy (non-hydrogen) atoms. The number of H-pyrrole nitrogens is 1. The second-order valence-corrected chi connectivity index (χ2v) is 4.44. The molecule has 0 unspecified atom stereocenters. The van der Waals surface area contributed by atoms with Crippen LogP contribution in [0.15, 0.2) is 37.1 Å². The molecule has 3 heteroatoms. The minimum Gasteiger partial charge on any atom is -0.361 e. The lowest BCUT2D eigenvalue weighted by Crippen LogP contribution is -2.25. The molecule has 96 valence electrons. The number of benzene rings is 1. The van der Waals surface area contributed by atoms with E-state index in [1.54, 1.807) is 12.1 Å². The highest BCUT2D eigenvalue weighted by Gasteiger charge is 2.06. The van der Waals surface area contributed by atoms with Crippen molar-refractivity contribution in [3.63, 3.8) is 0 Å². The molecule has 1 N–H and O–H groups in total. The molecule has 2 nitrogen and oxygen atoms in total. The van der Waals surface area contributed by atoms with Crippen LogP contribution in [0.2, 0.25) is 0 Å². The number of halogens is 1. The van der Waals surface area contributed by atoms with Crippen molar-refractivity contribution in [2.24, 2.45) is 0 Å². The van der Waals surface area contributed by atoms with Gasteiger partial charge in [0, 0.05) is 30.2 Å². The quantitative estimate of drug-likeness (QED) is 0.774. The molecule has 0 amide bonds. The summed E-state index contributed by atoms with van der Waals surface area (Å²) in [5.41, 5.74) is 2.17. The zero-order chi connectivity index (χ0) is 13.0. The first-order valence-electron chi connectivity index (χ1n) is 6.33. The van der Waals surface area contributed by atoms with Gasteiger partial charge in [0.25, 0.3) is 0 Å². The Hall–Kier alpha value is -1.61. The fraction of sp³-hybridized carbons (Fsp3) is 0.333. The number of hydrogen-bond donors (Lipinski definition) is 1. The highest BCUT2D eigenvalue weighted by Crippen LogP contribution is 2.20. The van der Waals surface area contributed by atoms with E-state index in [1.807, 2.05) is 12.3 Å². The third-order valence-corrected chi connectivity index (χ3v) is 3.26. The molecule has 0 aliphatic carbocycles. The van der Waals surface area contributed by atoms with E-state index in [2.05, 4.69) is 23.4 Å². The normalized spacial score (nSPS) is 11.3. The van der Waals surface area contributed by atoms with Gasteiger partial charge in [-0.3, -0.25) is 4.90 Å². The van der Waals surface area contributed by atoms with Gasteiger partial charge in [-0.05, 0) is 36.7 Å². The van der Waals surface area contributed by atoms with E-state index >= 15 is 0 Å². The first kappa shape index (κ1) is 12.8. The van der Waals surface area contributed by atoms with E-state index in [9.17, 15) is 4.39 Å². The summed E-state index contributed by atoms with van der Waals surface area (Å²) in [4.78, 5) is 5.49. The van der Waals surface area contributed by atoms with Gasteiger partial charge >= 0.3 is 0 Å². The van der Waals surface area contributed by atoms with Crippen LogP contribution in [-0.2, 0) is 6.42 Å². The molecule has 2 aromatic rings. The van der Waals surface area contributed by atoms with Crippen LogP contribution in [0, 0.1) is 5.82 Å². The fourth-order valence-corrected chi connectivity index (χ4v) is 2.20. The van der Waals surface area contributed by atoms with Crippen molar-refractivity contribution in [3.8, 4) is 0 Å². The minimum atomic E-state index is -0.179. The van der Waals surface area contributed by atoms with Crippen molar-refractivity contribution in [2.45, 2.75) is 13.3 Å². The average molecular weight is 246 g/mol. The Kier molecular flexibility index (Phi) is 4.15. The third kappa shape index (κ3) is 2.79. The summed E-state index contributed by atoms with van der Waals surface area (Å²) < 4.78 is 13.2. The van der Waals surface area contributed by atoms with Gasteiger partial charge < -0.3 is 4.98 Å². The van der Waals surface area contributed by atoms with Crippen LogP contribution in [0.25, 0.3) is 10.9 Å². The van der Waals surface area contributed by atoms with Crippen LogP contribution in [0.5, 0.6) is 0 Å². The Labute approximate surface area is 107 Å². The molecule has 0 radical (unpaired) electrons. The van der Waals surface area contributed by atoms with Crippen molar-refractivity contribution in [1.29, 1.82) is 0 Å². The predicted molar refractivity (Wildman–Crippen MR) is 74.3 cm³/mol. The summed E-state index contributed by atoms with van der Waals surface area (Å²) in [5.74, 6) is -0.179. The van der Waals surface area contributed by atoms with Crippen LogP contribution in [-0.4, -0.2) is 29.5 Å². The summed E-state index contributed by atoms with van der Waals surface area (Å²) in [6, 6.07) is 4.87. The van der Waals surface area contributed by atoms with E-state index in [4.69, 9.17) is 0 Å². The molecule has 1 aromatic carbocycles. The Morgan fingerprint density at radius 2 is 2.28 bits per heavy atom. The van der Waals surface area contributed by atoms with Crippen molar-refractivity contribution in [2.75, 3.05) is 19.6 Å². The number of nitrogens with zero attached hydrogens (tertiary/aromatic N) is 1. The van der Waals surface area contributed by atoms with Crippen LogP contribution in [0.3, 0.4) is 0 Å². The van der Waals surface area contributed by atoms with Crippen molar-refractivity contribution in [1.82, 2.24) is 9.88 Å². The number of aromatic nitrogens is 1. The lowest BCUT2D eigenvalue weighted by Gasteiger charge is -2.17. The number of hydrogen-bond acceptors (Lipinski definition) is 1. The molecular weight excluding hydrogens is 227 g/mol. The highest BCUT2D eigenvalue weighted by atomic mass is 19.1. The topological polar surface area (TPSA) is 19.0 Å². The van der Waals surface area contributed by atoms with Gasteiger partial charge in [-0.2, -0.15) is 0 Å². The molecule has 0 saturated heterocycles. The Balaban J connectivity index is 2.11. The van der Waals surface area contributed by atoms with E-state index in [0.717, 1.165) is 37.0 Å². The monoisotopic (exact) mass is 246 g/mol. The molecule has 0 fully saturated rings. The van der Waals surface area contributed by atoms with Gasteiger partial charge in [-0.25, -0.2) is 4.39 Å². The number of aromatic amines is 1. The highest BCUT2D eigenvalue weighted by molar-refractivity contribution is 5.83. The number of nitrogens with one attached hydrogen (secondary N) is 1. The first-order chi connectivity index (χ1) is 8.74. The van der Waals surface area contributed by atoms with Crippen LogP contribution in [0.4, 0.5) is 4.39 Å². The molecule has 1 aromatic heterocycles.